The summed E-state index contributed by atoms with van der Waals surface area (Å²) < 4.78 is 2.64. The minimum Gasteiger partial charge on any atom is -0.271 e. The van der Waals surface area contributed by atoms with Crippen LogP contribution < -0.4 is 0 Å². The van der Waals surface area contributed by atoms with Gasteiger partial charge in [0.25, 0.3) is 5.91 Å². The molecule has 1 unspecified atom stereocenters. The van der Waals surface area contributed by atoms with Gasteiger partial charge in [-0.1, -0.05) is 75.7 Å². The second-order valence-electron chi connectivity index (χ2n) is 7.16. The summed E-state index contributed by atoms with van der Waals surface area (Å²) in [5.74, 6) is -0.119. The number of aromatic nitrogens is 3. The van der Waals surface area contributed by atoms with Gasteiger partial charge in [-0.3, -0.25) is 4.79 Å². The Balaban J connectivity index is 1.48. The molecular formula is C23H18BrN5O. The molecule has 0 spiro atoms. The zero-order valence-electron chi connectivity index (χ0n) is 16.0. The van der Waals surface area contributed by atoms with Gasteiger partial charge in [0.2, 0.25) is 0 Å². The lowest BCUT2D eigenvalue weighted by Crippen LogP contribution is -2.30. The van der Waals surface area contributed by atoms with E-state index in [-0.39, 0.29) is 18.5 Å². The van der Waals surface area contributed by atoms with Crippen molar-refractivity contribution in [3.63, 3.8) is 0 Å². The molecule has 30 heavy (non-hydrogen) atoms. The average molecular weight is 460 g/mol. The van der Waals surface area contributed by atoms with Gasteiger partial charge < -0.3 is 0 Å². The molecule has 0 bridgehead atoms. The SMILES string of the molecule is O=C(Cn1nnc2ccccc21)N1N=C(c2ccc(Br)cc2)CC1c1ccccc1. The van der Waals surface area contributed by atoms with Crippen LogP contribution in [-0.4, -0.2) is 31.6 Å². The number of halogens is 1. The Labute approximate surface area is 181 Å². The summed E-state index contributed by atoms with van der Waals surface area (Å²) in [6.45, 7) is 0.0843. The molecule has 0 N–H and O–H groups in total. The summed E-state index contributed by atoms with van der Waals surface area (Å²) >= 11 is 3.47. The van der Waals surface area contributed by atoms with Crippen LogP contribution in [0.1, 0.15) is 23.6 Å². The Kier molecular flexibility index (Phi) is 4.88. The fraction of sp³-hybridized carbons (Fsp3) is 0.130. The maximum absolute atomic E-state index is 13.3. The number of amides is 1. The highest BCUT2D eigenvalue weighted by Gasteiger charge is 2.33. The minimum atomic E-state index is -0.146. The van der Waals surface area contributed by atoms with Crippen LogP contribution in [0.3, 0.4) is 0 Å². The molecule has 3 aromatic carbocycles. The molecule has 0 aliphatic carbocycles. The molecule has 1 amide bonds. The first-order valence-corrected chi connectivity index (χ1v) is 10.5. The maximum Gasteiger partial charge on any atom is 0.265 e. The zero-order valence-corrected chi connectivity index (χ0v) is 17.6. The van der Waals surface area contributed by atoms with E-state index >= 15 is 0 Å². The summed E-state index contributed by atoms with van der Waals surface area (Å²) in [5, 5.41) is 14.6. The van der Waals surface area contributed by atoms with Gasteiger partial charge in [0.1, 0.15) is 12.1 Å². The van der Waals surface area contributed by atoms with Gasteiger partial charge in [-0.25, -0.2) is 9.69 Å². The maximum atomic E-state index is 13.3. The number of rotatable bonds is 4. The first-order chi connectivity index (χ1) is 14.7. The summed E-state index contributed by atoms with van der Waals surface area (Å²) in [6, 6.07) is 25.5. The van der Waals surface area contributed by atoms with Crippen molar-refractivity contribution in [2.45, 2.75) is 19.0 Å². The molecule has 148 valence electrons. The Morgan fingerprint density at radius 2 is 1.70 bits per heavy atom. The third kappa shape index (κ3) is 3.52. The first-order valence-electron chi connectivity index (χ1n) is 9.68. The predicted octanol–water partition coefficient (Wildman–Crippen LogP) is 4.57. The molecule has 4 aromatic rings. The van der Waals surface area contributed by atoms with E-state index < -0.39 is 0 Å². The van der Waals surface area contributed by atoms with Crippen molar-refractivity contribution in [1.82, 2.24) is 20.0 Å². The van der Waals surface area contributed by atoms with E-state index in [1.807, 2.05) is 78.9 Å². The number of carbonyl (C=O) groups excluding carboxylic acids is 1. The number of benzene rings is 3. The van der Waals surface area contributed by atoms with Gasteiger partial charge in [0.05, 0.1) is 17.3 Å². The predicted molar refractivity (Wildman–Crippen MR) is 119 cm³/mol. The normalized spacial score (nSPS) is 16.1. The Morgan fingerprint density at radius 1 is 0.967 bits per heavy atom. The lowest BCUT2D eigenvalue weighted by atomic mass is 9.98. The van der Waals surface area contributed by atoms with Gasteiger partial charge in [0.15, 0.2) is 0 Å². The first kappa shape index (κ1) is 18.7. The van der Waals surface area contributed by atoms with Crippen LogP contribution in [0.15, 0.2) is 88.4 Å². The van der Waals surface area contributed by atoms with Crippen LogP contribution in [0.5, 0.6) is 0 Å². The molecule has 6 nitrogen and oxygen atoms in total. The van der Waals surface area contributed by atoms with Crippen LogP contribution in [0.4, 0.5) is 0 Å². The van der Waals surface area contributed by atoms with Gasteiger partial charge >= 0.3 is 0 Å². The Hall–Kier alpha value is -3.32. The van der Waals surface area contributed by atoms with Crippen LogP contribution in [0, 0.1) is 0 Å². The molecule has 5 rings (SSSR count). The van der Waals surface area contributed by atoms with E-state index in [0.29, 0.717) is 6.42 Å². The molecule has 2 heterocycles. The molecule has 0 radical (unpaired) electrons. The van der Waals surface area contributed by atoms with Crippen LogP contribution in [-0.2, 0) is 11.3 Å². The van der Waals surface area contributed by atoms with Gasteiger partial charge in [0, 0.05) is 10.9 Å². The smallest absolute Gasteiger partial charge is 0.265 e. The quantitative estimate of drug-likeness (QED) is 0.448. The number of nitrogens with zero attached hydrogens (tertiary/aromatic N) is 5. The van der Waals surface area contributed by atoms with Crippen molar-refractivity contribution < 1.29 is 4.79 Å². The summed E-state index contributed by atoms with van der Waals surface area (Å²) in [4.78, 5) is 13.3. The number of carbonyl (C=O) groups is 1. The topological polar surface area (TPSA) is 63.4 Å². The molecule has 7 heteroatoms. The van der Waals surface area contributed by atoms with Crippen molar-refractivity contribution in [2.75, 3.05) is 0 Å². The second-order valence-corrected chi connectivity index (χ2v) is 8.07. The van der Waals surface area contributed by atoms with E-state index in [2.05, 4.69) is 26.2 Å². The van der Waals surface area contributed by atoms with E-state index in [1.54, 1.807) is 9.69 Å². The third-order valence-corrected chi connectivity index (χ3v) is 5.76. The largest absolute Gasteiger partial charge is 0.271 e. The van der Waals surface area contributed by atoms with Crippen molar-refractivity contribution in [1.29, 1.82) is 0 Å². The summed E-state index contributed by atoms with van der Waals surface area (Å²) in [6.07, 6.45) is 0.662. The molecule has 0 saturated heterocycles. The van der Waals surface area contributed by atoms with E-state index in [0.717, 1.165) is 32.3 Å². The number of fused-ring (bicyclic) bond motifs is 1. The molecule has 0 saturated carbocycles. The molecule has 1 aromatic heterocycles. The molecule has 1 aliphatic rings. The van der Waals surface area contributed by atoms with Crippen LogP contribution >= 0.6 is 15.9 Å². The zero-order chi connectivity index (χ0) is 20.5. The number of para-hydroxylation sites is 1. The monoisotopic (exact) mass is 459 g/mol. The Morgan fingerprint density at radius 3 is 2.50 bits per heavy atom. The van der Waals surface area contributed by atoms with E-state index in [9.17, 15) is 4.79 Å². The number of hydrazone groups is 1. The van der Waals surface area contributed by atoms with Crippen molar-refractivity contribution in [3.05, 3.63) is 94.5 Å². The molecule has 1 aliphatic heterocycles. The number of hydrogen-bond donors (Lipinski definition) is 0. The van der Waals surface area contributed by atoms with Crippen LogP contribution in [0.25, 0.3) is 11.0 Å². The van der Waals surface area contributed by atoms with Crippen LogP contribution in [0.2, 0.25) is 0 Å². The fourth-order valence-corrected chi connectivity index (χ4v) is 3.99. The van der Waals surface area contributed by atoms with E-state index in [4.69, 9.17) is 5.10 Å². The van der Waals surface area contributed by atoms with E-state index in [1.165, 1.54) is 0 Å². The highest BCUT2D eigenvalue weighted by molar-refractivity contribution is 9.10. The third-order valence-electron chi connectivity index (χ3n) is 5.23. The number of hydrogen-bond acceptors (Lipinski definition) is 4. The summed E-state index contributed by atoms with van der Waals surface area (Å²) in [5.41, 5.74) is 4.57. The lowest BCUT2D eigenvalue weighted by Gasteiger charge is -2.22. The van der Waals surface area contributed by atoms with Crippen molar-refractivity contribution >= 4 is 38.6 Å². The second kappa shape index (κ2) is 7.84. The lowest BCUT2D eigenvalue weighted by molar-refractivity contribution is -0.133. The molecular weight excluding hydrogens is 442 g/mol. The van der Waals surface area contributed by atoms with Gasteiger partial charge in [-0.2, -0.15) is 5.10 Å². The Bertz CT molecular complexity index is 1230. The average Bonchev–Trinajstić information content (AvgIpc) is 3.40. The standard InChI is InChI=1S/C23H18BrN5O/c24-18-12-10-16(11-13-18)20-14-22(17-6-2-1-3-7-17)29(26-20)23(30)15-28-21-9-5-4-8-19(21)25-27-28/h1-13,22H,14-15H2. The molecule has 1 atom stereocenters. The highest BCUT2D eigenvalue weighted by Crippen LogP contribution is 2.33. The fourth-order valence-electron chi connectivity index (χ4n) is 3.73. The highest BCUT2D eigenvalue weighted by atomic mass is 79.9. The molecule has 0 fully saturated rings. The summed E-state index contributed by atoms with van der Waals surface area (Å²) in [7, 11) is 0. The van der Waals surface area contributed by atoms with Gasteiger partial charge in [-0.05, 0) is 35.4 Å². The van der Waals surface area contributed by atoms with Crippen molar-refractivity contribution in [3.8, 4) is 0 Å². The minimum absolute atomic E-state index is 0.0843. The van der Waals surface area contributed by atoms with Gasteiger partial charge in [-0.15, -0.1) is 5.10 Å². The van der Waals surface area contributed by atoms with Crippen molar-refractivity contribution in [2.24, 2.45) is 5.10 Å².